The quantitative estimate of drug-likeness (QED) is 0.249. The predicted molar refractivity (Wildman–Crippen MR) is 140 cm³/mol. The Kier molecular flexibility index (Phi) is 6.93. The maximum absolute atomic E-state index is 14.5. The summed E-state index contributed by atoms with van der Waals surface area (Å²) in [6, 6.07) is 23.4. The lowest BCUT2D eigenvalue weighted by Crippen LogP contribution is -2.23. The molecule has 3 nitrogen and oxygen atoms in total. The van der Waals surface area contributed by atoms with E-state index in [1.165, 1.54) is 24.3 Å². The minimum absolute atomic E-state index is 0.0221. The SMILES string of the molecule is O=C(Nc1ccc(Cl)cc1)C(Cc1ccc(F)cc1F)c1ccc(-c2ccnc3ccc(F)cc23)cc1. The van der Waals surface area contributed by atoms with E-state index in [-0.39, 0.29) is 23.7 Å². The summed E-state index contributed by atoms with van der Waals surface area (Å²) >= 11 is 5.94. The van der Waals surface area contributed by atoms with E-state index in [1.54, 1.807) is 54.7 Å². The number of nitrogens with zero attached hydrogens (tertiary/aromatic N) is 1. The second kappa shape index (κ2) is 10.4. The predicted octanol–water partition coefficient (Wildman–Crippen LogP) is 7.94. The molecule has 0 saturated carbocycles. The maximum atomic E-state index is 14.5. The van der Waals surface area contributed by atoms with Crippen molar-refractivity contribution >= 4 is 34.1 Å². The average molecular weight is 517 g/mol. The van der Waals surface area contributed by atoms with Crippen molar-refractivity contribution in [3.05, 3.63) is 131 Å². The number of pyridine rings is 1. The van der Waals surface area contributed by atoms with E-state index in [9.17, 15) is 18.0 Å². The van der Waals surface area contributed by atoms with Gasteiger partial charge in [-0.3, -0.25) is 9.78 Å². The van der Waals surface area contributed by atoms with Crippen LogP contribution < -0.4 is 5.32 Å². The van der Waals surface area contributed by atoms with Crippen molar-refractivity contribution in [2.45, 2.75) is 12.3 Å². The summed E-state index contributed by atoms with van der Waals surface area (Å²) in [5, 5.41) is 4.05. The number of rotatable bonds is 6. The first-order valence-corrected chi connectivity index (χ1v) is 11.9. The average Bonchev–Trinajstić information content (AvgIpc) is 2.89. The number of anilines is 1. The Morgan fingerprint density at radius 1 is 0.838 bits per heavy atom. The largest absolute Gasteiger partial charge is 0.326 e. The molecule has 5 rings (SSSR count). The van der Waals surface area contributed by atoms with Crippen molar-refractivity contribution in [1.82, 2.24) is 4.98 Å². The molecule has 5 aromatic rings. The fourth-order valence-electron chi connectivity index (χ4n) is 4.30. The lowest BCUT2D eigenvalue weighted by molar-refractivity contribution is -0.117. The standard InChI is InChI=1S/C30H20ClF3N2O/c31-21-6-10-24(11-7-21)36-30(37)26(15-20-5-8-23(33)17-28(20)34)19-3-1-18(2-4-19)25-13-14-35-29-12-9-22(32)16-27(25)29/h1-14,16-17,26H,15H2,(H,36,37). The molecule has 1 heterocycles. The van der Waals surface area contributed by atoms with Crippen molar-refractivity contribution in [3.8, 4) is 11.1 Å². The summed E-state index contributed by atoms with van der Waals surface area (Å²) < 4.78 is 41.9. The zero-order valence-corrected chi connectivity index (χ0v) is 20.1. The monoisotopic (exact) mass is 516 g/mol. The van der Waals surface area contributed by atoms with Crippen LogP contribution in [-0.4, -0.2) is 10.9 Å². The maximum Gasteiger partial charge on any atom is 0.232 e. The molecule has 184 valence electrons. The molecule has 0 aliphatic rings. The fraction of sp³-hybridized carbons (Fsp3) is 0.0667. The number of aromatic nitrogens is 1. The van der Waals surface area contributed by atoms with E-state index in [1.807, 2.05) is 12.1 Å². The molecule has 0 aliphatic heterocycles. The summed E-state index contributed by atoms with van der Waals surface area (Å²) in [6.07, 6.45) is 1.68. The molecule has 0 bridgehead atoms. The third-order valence-corrected chi connectivity index (χ3v) is 6.45. The number of hydrogen-bond acceptors (Lipinski definition) is 2. The summed E-state index contributed by atoms with van der Waals surface area (Å²) in [7, 11) is 0. The second-order valence-corrected chi connectivity index (χ2v) is 9.07. The molecule has 1 aromatic heterocycles. The van der Waals surface area contributed by atoms with Crippen molar-refractivity contribution in [1.29, 1.82) is 0 Å². The van der Waals surface area contributed by atoms with Crippen LogP contribution in [0.15, 0.2) is 97.2 Å². The third-order valence-electron chi connectivity index (χ3n) is 6.20. The van der Waals surface area contributed by atoms with Crippen LogP contribution in [-0.2, 0) is 11.2 Å². The van der Waals surface area contributed by atoms with Gasteiger partial charge in [0.1, 0.15) is 17.5 Å². The van der Waals surface area contributed by atoms with Gasteiger partial charge >= 0.3 is 0 Å². The Labute approximate surface area is 216 Å². The third kappa shape index (κ3) is 5.49. The summed E-state index contributed by atoms with van der Waals surface area (Å²) in [6.45, 7) is 0. The van der Waals surface area contributed by atoms with Gasteiger partial charge in [0, 0.05) is 28.4 Å². The van der Waals surface area contributed by atoms with E-state index in [4.69, 9.17) is 11.6 Å². The molecule has 0 spiro atoms. The van der Waals surface area contributed by atoms with Crippen LogP contribution in [0, 0.1) is 17.5 Å². The fourth-order valence-corrected chi connectivity index (χ4v) is 4.42. The van der Waals surface area contributed by atoms with Crippen molar-refractivity contribution in [3.63, 3.8) is 0 Å². The van der Waals surface area contributed by atoms with Gasteiger partial charge in [0.2, 0.25) is 5.91 Å². The van der Waals surface area contributed by atoms with E-state index in [0.29, 0.717) is 27.2 Å². The van der Waals surface area contributed by atoms with Crippen molar-refractivity contribution in [2.24, 2.45) is 0 Å². The molecule has 1 unspecified atom stereocenters. The number of halogens is 4. The number of nitrogens with one attached hydrogen (secondary N) is 1. The molecule has 4 aromatic carbocycles. The Morgan fingerprint density at radius 3 is 2.27 bits per heavy atom. The normalized spacial score (nSPS) is 11.9. The van der Waals surface area contributed by atoms with E-state index in [0.717, 1.165) is 17.2 Å². The molecule has 37 heavy (non-hydrogen) atoms. The number of fused-ring (bicyclic) bond motifs is 1. The molecule has 7 heteroatoms. The van der Waals surface area contributed by atoms with Gasteiger partial charge in [0.15, 0.2) is 0 Å². The van der Waals surface area contributed by atoms with Crippen LogP contribution in [0.5, 0.6) is 0 Å². The Morgan fingerprint density at radius 2 is 1.54 bits per heavy atom. The highest BCUT2D eigenvalue weighted by Gasteiger charge is 2.23. The smallest absolute Gasteiger partial charge is 0.232 e. The van der Waals surface area contributed by atoms with Crippen LogP contribution in [0.2, 0.25) is 5.02 Å². The summed E-state index contributed by atoms with van der Waals surface area (Å²) in [5.74, 6) is -2.88. The van der Waals surface area contributed by atoms with Gasteiger partial charge in [-0.1, -0.05) is 41.9 Å². The molecule has 0 fully saturated rings. The second-order valence-electron chi connectivity index (χ2n) is 8.63. The highest BCUT2D eigenvalue weighted by molar-refractivity contribution is 6.30. The molecular formula is C30H20ClF3N2O. The number of carbonyl (C=O) groups is 1. The lowest BCUT2D eigenvalue weighted by atomic mass is 9.89. The van der Waals surface area contributed by atoms with Gasteiger partial charge in [0.25, 0.3) is 0 Å². The highest BCUT2D eigenvalue weighted by atomic mass is 35.5. The van der Waals surface area contributed by atoms with E-state index >= 15 is 0 Å². The van der Waals surface area contributed by atoms with Crippen molar-refractivity contribution in [2.75, 3.05) is 5.32 Å². The zero-order valence-electron chi connectivity index (χ0n) is 19.4. The lowest BCUT2D eigenvalue weighted by Gasteiger charge is -2.19. The van der Waals surface area contributed by atoms with Gasteiger partial charge in [-0.2, -0.15) is 0 Å². The summed E-state index contributed by atoms with van der Waals surface area (Å²) in [4.78, 5) is 17.7. The van der Waals surface area contributed by atoms with Gasteiger partial charge < -0.3 is 5.32 Å². The first-order valence-electron chi connectivity index (χ1n) is 11.5. The first-order chi connectivity index (χ1) is 17.9. The number of hydrogen-bond donors (Lipinski definition) is 1. The first kappa shape index (κ1) is 24.5. The van der Waals surface area contributed by atoms with Crippen LogP contribution in [0.3, 0.4) is 0 Å². The number of benzene rings is 4. The highest BCUT2D eigenvalue weighted by Crippen LogP contribution is 2.31. The molecular weight excluding hydrogens is 497 g/mol. The Balaban J connectivity index is 1.50. The number of carbonyl (C=O) groups excluding carboxylic acids is 1. The molecule has 0 radical (unpaired) electrons. The minimum atomic E-state index is -0.767. The molecule has 1 amide bonds. The topological polar surface area (TPSA) is 42.0 Å². The number of amides is 1. The molecule has 1 N–H and O–H groups in total. The molecule has 0 aliphatic carbocycles. The van der Waals surface area contributed by atoms with Crippen LogP contribution in [0.25, 0.3) is 22.0 Å². The summed E-state index contributed by atoms with van der Waals surface area (Å²) in [5.41, 5.74) is 3.67. The molecule has 0 saturated heterocycles. The minimum Gasteiger partial charge on any atom is -0.326 e. The van der Waals surface area contributed by atoms with Crippen LogP contribution in [0.1, 0.15) is 17.0 Å². The van der Waals surface area contributed by atoms with Gasteiger partial charge in [-0.25, -0.2) is 13.2 Å². The zero-order chi connectivity index (χ0) is 25.9. The van der Waals surface area contributed by atoms with E-state index < -0.39 is 17.6 Å². The van der Waals surface area contributed by atoms with Gasteiger partial charge in [-0.15, -0.1) is 0 Å². The Hall–Kier alpha value is -4.16. The molecule has 1 atom stereocenters. The van der Waals surface area contributed by atoms with E-state index in [2.05, 4.69) is 10.3 Å². The van der Waals surface area contributed by atoms with Crippen LogP contribution >= 0.6 is 11.6 Å². The Bertz CT molecular complexity index is 1590. The van der Waals surface area contributed by atoms with Gasteiger partial charge in [0.05, 0.1) is 11.4 Å². The van der Waals surface area contributed by atoms with Crippen LogP contribution in [0.4, 0.5) is 18.9 Å². The van der Waals surface area contributed by atoms with Crippen molar-refractivity contribution < 1.29 is 18.0 Å². The van der Waals surface area contributed by atoms with Gasteiger partial charge in [-0.05, 0) is 83.3 Å².